The summed E-state index contributed by atoms with van der Waals surface area (Å²) < 4.78 is 10.7. The largest absolute Gasteiger partial charge is 0.383 e. The molecule has 0 saturated carbocycles. The fourth-order valence-electron chi connectivity index (χ4n) is 1.65. The molecule has 0 spiro atoms. The summed E-state index contributed by atoms with van der Waals surface area (Å²) in [6.07, 6.45) is 1.29. The first-order valence-electron chi connectivity index (χ1n) is 6.70. The van der Waals surface area contributed by atoms with Gasteiger partial charge in [-0.15, -0.1) is 0 Å². The third kappa shape index (κ3) is 8.31. The van der Waals surface area contributed by atoms with Crippen molar-refractivity contribution in [2.75, 3.05) is 40.5 Å². The number of nitrogens with one attached hydrogen (secondary N) is 2. The van der Waals surface area contributed by atoms with Crippen LogP contribution in [0.25, 0.3) is 0 Å². The van der Waals surface area contributed by atoms with E-state index in [-0.39, 0.29) is 0 Å². The molecule has 5 heteroatoms. The molecule has 0 bridgehead atoms. The average Bonchev–Trinajstić information content (AvgIpc) is 2.35. The fourth-order valence-corrected chi connectivity index (χ4v) is 1.65. The summed E-state index contributed by atoms with van der Waals surface area (Å²) in [5.41, 5.74) is 0. The van der Waals surface area contributed by atoms with E-state index in [1.807, 2.05) is 6.92 Å². The van der Waals surface area contributed by atoms with Crippen molar-refractivity contribution in [1.29, 1.82) is 0 Å². The summed E-state index contributed by atoms with van der Waals surface area (Å²) in [5, 5.41) is 6.45. The molecule has 0 aromatic heterocycles. The highest BCUT2D eigenvalue weighted by molar-refractivity contribution is 5.79. The zero-order valence-electron chi connectivity index (χ0n) is 12.5. The lowest BCUT2D eigenvalue weighted by Crippen LogP contribution is -2.40. The van der Waals surface area contributed by atoms with E-state index in [1.165, 1.54) is 0 Å². The van der Waals surface area contributed by atoms with Gasteiger partial charge < -0.3 is 20.1 Å². The number of guanidine groups is 1. The van der Waals surface area contributed by atoms with Crippen LogP contribution in [0.3, 0.4) is 0 Å². The molecule has 0 rings (SSSR count). The van der Waals surface area contributed by atoms with Crippen LogP contribution in [-0.2, 0) is 9.47 Å². The molecule has 0 fully saturated rings. The molecule has 2 N–H and O–H groups in total. The van der Waals surface area contributed by atoms with Crippen molar-refractivity contribution >= 4 is 5.96 Å². The predicted molar refractivity (Wildman–Crippen MR) is 76.1 cm³/mol. The molecule has 0 amide bonds. The maximum absolute atomic E-state index is 5.70. The zero-order valence-corrected chi connectivity index (χ0v) is 12.5. The first-order chi connectivity index (χ1) is 8.65. The van der Waals surface area contributed by atoms with Gasteiger partial charge in [-0.25, -0.2) is 0 Å². The van der Waals surface area contributed by atoms with Gasteiger partial charge >= 0.3 is 0 Å². The van der Waals surface area contributed by atoms with E-state index in [4.69, 9.17) is 9.47 Å². The van der Waals surface area contributed by atoms with Crippen LogP contribution < -0.4 is 10.6 Å². The highest BCUT2D eigenvalue weighted by Crippen LogP contribution is 2.09. The number of ether oxygens (including phenoxy) is 2. The fraction of sp³-hybridized carbons (Fsp3) is 0.923. The molecule has 18 heavy (non-hydrogen) atoms. The van der Waals surface area contributed by atoms with E-state index in [1.54, 1.807) is 14.2 Å². The van der Waals surface area contributed by atoms with Crippen LogP contribution in [0.1, 0.15) is 27.2 Å². The highest BCUT2D eigenvalue weighted by atomic mass is 16.5. The zero-order chi connectivity index (χ0) is 13.8. The second-order valence-corrected chi connectivity index (χ2v) is 4.45. The third-order valence-electron chi connectivity index (χ3n) is 2.67. The minimum atomic E-state index is 0.305. The summed E-state index contributed by atoms with van der Waals surface area (Å²) in [5.74, 6) is 1.35. The van der Waals surface area contributed by atoms with Crippen molar-refractivity contribution < 1.29 is 9.47 Å². The summed E-state index contributed by atoms with van der Waals surface area (Å²) in [4.78, 5) is 4.15. The highest BCUT2D eigenvalue weighted by Gasteiger charge is 2.12. The van der Waals surface area contributed by atoms with E-state index >= 15 is 0 Å². The lowest BCUT2D eigenvalue weighted by Gasteiger charge is -2.21. The predicted octanol–water partition coefficient (Wildman–Crippen LogP) is 1.25. The number of aliphatic imine (C=N–C) groups is 1. The minimum absolute atomic E-state index is 0.305. The standard InChI is InChI=1S/C13H29N3O2/c1-6-18-12(11(2)3)7-8-15-13(14-4)16-9-10-17-5/h11-12H,6-10H2,1-5H3,(H2,14,15,16). The Morgan fingerprint density at radius 2 is 1.89 bits per heavy atom. The molecular weight excluding hydrogens is 230 g/mol. The molecule has 0 aliphatic rings. The molecule has 1 atom stereocenters. The maximum Gasteiger partial charge on any atom is 0.191 e. The Kier molecular flexibility index (Phi) is 10.8. The van der Waals surface area contributed by atoms with Gasteiger partial charge in [0.05, 0.1) is 12.7 Å². The Hall–Kier alpha value is -0.810. The normalized spacial score (nSPS) is 13.8. The van der Waals surface area contributed by atoms with E-state index < -0.39 is 0 Å². The van der Waals surface area contributed by atoms with Gasteiger partial charge in [-0.05, 0) is 19.3 Å². The van der Waals surface area contributed by atoms with E-state index in [0.717, 1.165) is 32.1 Å². The Labute approximate surface area is 111 Å². The Balaban J connectivity index is 3.84. The van der Waals surface area contributed by atoms with Gasteiger partial charge in [0.2, 0.25) is 0 Å². The van der Waals surface area contributed by atoms with Crippen LogP contribution in [0.5, 0.6) is 0 Å². The number of nitrogens with zero attached hydrogens (tertiary/aromatic N) is 1. The van der Waals surface area contributed by atoms with Crippen molar-refractivity contribution in [3.63, 3.8) is 0 Å². The Bertz CT molecular complexity index is 220. The van der Waals surface area contributed by atoms with Crippen LogP contribution >= 0.6 is 0 Å². The van der Waals surface area contributed by atoms with E-state index in [2.05, 4.69) is 29.5 Å². The van der Waals surface area contributed by atoms with Crippen molar-refractivity contribution in [1.82, 2.24) is 10.6 Å². The summed E-state index contributed by atoms with van der Waals surface area (Å²) in [7, 11) is 3.46. The van der Waals surface area contributed by atoms with Crippen molar-refractivity contribution in [3.05, 3.63) is 0 Å². The molecular formula is C13H29N3O2. The van der Waals surface area contributed by atoms with Crippen LogP contribution in [0.4, 0.5) is 0 Å². The maximum atomic E-state index is 5.70. The van der Waals surface area contributed by atoms with Gasteiger partial charge in [-0.3, -0.25) is 4.99 Å². The van der Waals surface area contributed by atoms with E-state index in [9.17, 15) is 0 Å². The second-order valence-electron chi connectivity index (χ2n) is 4.45. The lowest BCUT2D eigenvalue weighted by atomic mass is 10.0. The summed E-state index contributed by atoms with van der Waals surface area (Å²) in [6, 6.07) is 0. The van der Waals surface area contributed by atoms with Gasteiger partial charge in [0.1, 0.15) is 0 Å². The molecule has 0 aromatic carbocycles. The SMILES string of the molecule is CCOC(CCNC(=NC)NCCOC)C(C)C. The molecule has 5 nitrogen and oxygen atoms in total. The number of hydrogen-bond donors (Lipinski definition) is 2. The second kappa shape index (κ2) is 11.3. The first kappa shape index (κ1) is 17.2. The monoisotopic (exact) mass is 259 g/mol. The van der Waals surface area contributed by atoms with Crippen molar-refractivity contribution in [2.45, 2.75) is 33.3 Å². The summed E-state index contributed by atoms with van der Waals surface area (Å²) in [6.45, 7) is 9.47. The molecule has 108 valence electrons. The summed E-state index contributed by atoms with van der Waals surface area (Å²) >= 11 is 0. The van der Waals surface area contributed by atoms with Crippen molar-refractivity contribution in [2.24, 2.45) is 10.9 Å². The van der Waals surface area contributed by atoms with Crippen LogP contribution in [0.2, 0.25) is 0 Å². The molecule has 0 heterocycles. The van der Waals surface area contributed by atoms with E-state index in [0.29, 0.717) is 18.6 Å². The number of rotatable bonds is 9. The minimum Gasteiger partial charge on any atom is -0.383 e. The first-order valence-corrected chi connectivity index (χ1v) is 6.70. The molecule has 1 unspecified atom stereocenters. The molecule has 0 aromatic rings. The smallest absolute Gasteiger partial charge is 0.191 e. The molecule has 0 aliphatic carbocycles. The van der Waals surface area contributed by atoms with Gasteiger partial charge in [-0.1, -0.05) is 13.8 Å². The van der Waals surface area contributed by atoms with Crippen LogP contribution in [0, 0.1) is 5.92 Å². The van der Waals surface area contributed by atoms with Crippen LogP contribution in [-0.4, -0.2) is 52.5 Å². The molecule has 0 aliphatic heterocycles. The van der Waals surface area contributed by atoms with Gasteiger partial charge in [0.15, 0.2) is 5.96 Å². The van der Waals surface area contributed by atoms with Gasteiger partial charge in [0.25, 0.3) is 0 Å². The quantitative estimate of drug-likeness (QED) is 0.372. The topological polar surface area (TPSA) is 54.9 Å². The lowest BCUT2D eigenvalue weighted by molar-refractivity contribution is 0.0258. The Morgan fingerprint density at radius 3 is 2.39 bits per heavy atom. The van der Waals surface area contributed by atoms with Gasteiger partial charge in [0, 0.05) is 33.9 Å². The molecule has 0 radical (unpaired) electrons. The van der Waals surface area contributed by atoms with Gasteiger partial charge in [-0.2, -0.15) is 0 Å². The number of methoxy groups -OCH3 is 1. The van der Waals surface area contributed by atoms with Crippen molar-refractivity contribution in [3.8, 4) is 0 Å². The third-order valence-corrected chi connectivity index (χ3v) is 2.67. The Morgan fingerprint density at radius 1 is 1.22 bits per heavy atom. The number of hydrogen-bond acceptors (Lipinski definition) is 3. The average molecular weight is 259 g/mol. The molecule has 0 saturated heterocycles. The van der Waals surface area contributed by atoms with Crippen LogP contribution in [0.15, 0.2) is 4.99 Å².